The molecule has 0 saturated carbocycles. The van der Waals surface area contributed by atoms with E-state index < -0.39 is 34.7 Å². The Kier molecular flexibility index (Phi) is 8.38. The number of benzene rings is 2. The molecule has 1 fully saturated rings. The highest BCUT2D eigenvalue weighted by Crippen LogP contribution is 2.37. The Morgan fingerprint density at radius 1 is 1.26 bits per heavy atom. The second kappa shape index (κ2) is 11.4. The van der Waals surface area contributed by atoms with Gasteiger partial charge in [0.25, 0.3) is 0 Å². The average Bonchev–Trinajstić information content (AvgIpc) is 3.27. The summed E-state index contributed by atoms with van der Waals surface area (Å²) < 4.78 is 86.5. The predicted octanol–water partition coefficient (Wildman–Crippen LogP) is 5.30. The standard InChI is InChI=1S/C25H28F4N4O4S/c1-14(17-7-4-8-19(23(17)26)25(27,28)29)30-24-18-10-22(21(36-3)11-20(18)31-15(2)32-24)37-12-16-6-5-9-33(16)13-38(34)35/h4,7-8,10-11,14,16H,5-6,9,12-13H2,1-3H3,(H,34,35)(H,30,31,32)/t14-,16+/m1/s1. The minimum atomic E-state index is -4.82. The lowest BCUT2D eigenvalue weighted by molar-refractivity contribution is -0.140. The van der Waals surface area contributed by atoms with Gasteiger partial charge in [0.1, 0.15) is 29.9 Å². The molecule has 0 spiro atoms. The number of likely N-dealkylation sites (tertiary alicyclic amines) is 1. The predicted molar refractivity (Wildman–Crippen MR) is 135 cm³/mol. The summed E-state index contributed by atoms with van der Waals surface area (Å²) in [4.78, 5) is 10.7. The summed E-state index contributed by atoms with van der Waals surface area (Å²) in [6, 6.07) is 5.58. The normalized spacial score (nSPS) is 17.9. The number of aryl methyl sites for hydroxylation is 1. The van der Waals surface area contributed by atoms with Crippen LogP contribution >= 0.6 is 0 Å². The topological polar surface area (TPSA) is 96.8 Å². The van der Waals surface area contributed by atoms with Gasteiger partial charge < -0.3 is 19.3 Å². The van der Waals surface area contributed by atoms with Crippen LogP contribution in [0.5, 0.6) is 11.5 Å². The van der Waals surface area contributed by atoms with Crippen LogP contribution < -0.4 is 14.8 Å². The van der Waals surface area contributed by atoms with Crippen LogP contribution in [-0.2, 0) is 17.3 Å². The molecule has 206 valence electrons. The molecule has 0 amide bonds. The molecule has 1 saturated heterocycles. The molecule has 2 aromatic carbocycles. The van der Waals surface area contributed by atoms with E-state index in [4.69, 9.17) is 9.47 Å². The Balaban J connectivity index is 1.64. The summed E-state index contributed by atoms with van der Waals surface area (Å²) in [7, 11) is 1.48. The molecule has 1 aliphatic rings. The van der Waals surface area contributed by atoms with Crippen molar-refractivity contribution in [1.29, 1.82) is 0 Å². The molecule has 1 aliphatic heterocycles. The van der Waals surface area contributed by atoms with Crippen LogP contribution in [0, 0.1) is 12.7 Å². The number of hydrogen-bond donors (Lipinski definition) is 2. The van der Waals surface area contributed by atoms with E-state index in [1.54, 1.807) is 26.0 Å². The molecule has 4 rings (SSSR count). The van der Waals surface area contributed by atoms with E-state index >= 15 is 0 Å². The van der Waals surface area contributed by atoms with Gasteiger partial charge in [-0.25, -0.2) is 18.6 Å². The van der Waals surface area contributed by atoms with Crippen LogP contribution in [0.15, 0.2) is 30.3 Å². The zero-order valence-corrected chi connectivity index (χ0v) is 21.8. The Hall–Kier alpha value is -3.03. The highest BCUT2D eigenvalue weighted by molar-refractivity contribution is 7.79. The van der Waals surface area contributed by atoms with Crippen molar-refractivity contribution >= 4 is 27.8 Å². The lowest BCUT2D eigenvalue weighted by Gasteiger charge is -2.23. The van der Waals surface area contributed by atoms with E-state index in [0.29, 0.717) is 46.7 Å². The molecule has 2 N–H and O–H groups in total. The van der Waals surface area contributed by atoms with E-state index in [-0.39, 0.29) is 24.1 Å². The van der Waals surface area contributed by atoms with Crippen molar-refractivity contribution in [2.24, 2.45) is 0 Å². The second-order valence-electron chi connectivity index (χ2n) is 9.08. The van der Waals surface area contributed by atoms with Crippen LogP contribution in [0.25, 0.3) is 10.9 Å². The lowest BCUT2D eigenvalue weighted by atomic mass is 10.0. The summed E-state index contributed by atoms with van der Waals surface area (Å²) in [6.07, 6.45) is -3.13. The van der Waals surface area contributed by atoms with Crippen LogP contribution in [0.1, 0.15) is 42.8 Å². The van der Waals surface area contributed by atoms with Gasteiger partial charge in [0, 0.05) is 23.1 Å². The Bertz CT molecular complexity index is 1340. The van der Waals surface area contributed by atoms with Crippen molar-refractivity contribution in [3.05, 3.63) is 53.1 Å². The van der Waals surface area contributed by atoms with E-state index in [1.807, 2.05) is 4.90 Å². The monoisotopic (exact) mass is 556 g/mol. The zero-order chi connectivity index (χ0) is 27.6. The number of fused-ring (bicyclic) bond motifs is 1. The van der Waals surface area contributed by atoms with E-state index in [2.05, 4.69) is 15.3 Å². The van der Waals surface area contributed by atoms with Crippen molar-refractivity contribution in [2.75, 3.05) is 31.5 Å². The molecule has 13 heteroatoms. The molecule has 1 unspecified atom stereocenters. The summed E-state index contributed by atoms with van der Waals surface area (Å²) in [5.74, 6) is 0.173. The maximum atomic E-state index is 14.8. The fourth-order valence-electron chi connectivity index (χ4n) is 4.60. The van der Waals surface area contributed by atoms with Gasteiger partial charge >= 0.3 is 6.18 Å². The SMILES string of the molecule is COc1cc2nc(C)nc(N[C@H](C)c3cccc(C(F)(F)F)c3F)c2cc1OC[C@@H]1CCCN1CS(=O)O. The molecule has 0 radical (unpaired) electrons. The number of aromatic nitrogens is 2. The van der Waals surface area contributed by atoms with Gasteiger partial charge in [-0.1, -0.05) is 12.1 Å². The van der Waals surface area contributed by atoms with Gasteiger partial charge in [0.2, 0.25) is 0 Å². The fourth-order valence-corrected chi connectivity index (χ4v) is 5.23. The molecule has 8 nitrogen and oxygen atoms in total. The van der Waals surface area contributed by atoms with Crippen molar-refractivity contribution in [3.63, 3.8) is 0 Å². The number of anilines is 1. The third kappa shape index (κ3) is 6.16. The third-order valence-corrected chi connectivity index (χ3v) is 7.01. The molecule has 2 heterocycles. The van der Waals surface area contributed by atoms with Crippen molar-refractivity contribution in [2.45, 2.75) is 44.9 Å². The highest BCUT2D eigenvalue weighted by atomic mass is 32.2. The Morgan fingerprint density at radius 2 is 2.03 bits per heavy atom. The number of nitrogens with one attached hydrogen (secondary N) is 1. The molecule has 3 atom stereocenters. The molecule has 0 aliphatic carbocycles. The Labute approximate surface area is 219 Å². The molecule has 3 aromatic rings. The molecule has 38 heavy (non-hydrogen) atoms. The minimum absolute atomic E-state index is 0.0358. The van der Waals surface area contributed by atoms with Crippen LogP contribution in [-0.4, -0.2) is 55.8 Å². The highest BCUT2D eigenvalue weighted by Gasteiger charge is 2.35. The first kappa shape index (κ1) is 28.0. The Morgan fingerprint density at radius 3 is 2.71 bits per heavy atom. The van der Waals surface area contributed by atoms with E-state index in [9.17, 15) is 26.3 Å². The molecule has 0 bridgehead atoms. The first-order valence-electron chi connectivity index (χ1n) is 11.9. The number of halogens is 4. The summed E-state index contributed by atoms with van der Waals surface area (Å²) >= 11 is -1.95. The number of alkyl halides is 3. The van der Waals surface area contributed by atoms with Crippen molar-refractivity contribution in [3.8, 4) is 11.5 Å². The second-order valence-corrected chi connectivity index (χ2v) is 9.98. The van der Waals surface area contributed by atoms with Crippen molar-refractivity contribution < 1.29 is 35.8 Å². The summed E-state index contributed by atoms with van der Waals surface area (Å²) in [5, 5.41) is 3.53. The maximum Gasteiger partial charge on any atom is 0.419 e. The molecular weight excluding hydrogens is 528 g/mol. The smallest absolute Gasteiger partial charge is 0.419 e. The number of hydrogen-bond acceptors (Lipinski definition) is 7. The number of nitrogens with zero attached hydrogens (tertiary/aromatic N) is 3. The van der Waals surface area contributed by atoms with Crippen LogP contribution in [0.3, 0.4) is 0 Å². The zero-order valence-electron chi connectivity index (χ0n) is 21.0. The third-order valence-electron chi connectivity index (χ3n) is 6.45. The van der Waals surface area contributed by atoms with Crippen molar-refractivity contribution in [1.82, 2.24) is 14.9 Å². The van der Waals surface area contributed by atoms with E-state index in [0.717, 1.165) is 18.9 Å². The number of methoxy groups -OCH3 is 1. The largest absolute Gasteiger partial charge is 0.493 e. The van der Waals surface area contributed by atoms with Gasteiger partial charge in [-0.2, -0.15) is 13.2 Å². The molecule has 1 aromatic heterocycles. The quantitative estimate of drug-likeness (QED) is 0.271. The number of rotatable bonds is 9. The van der Waals surface area contributed by atoms with Gasteiger partial charge in [0.05, 0.1) is 24.2 Å². The number of ether oxygens (including phenoxy) is 2. The fraction of sp³-hybridized carbons (Fsp3) is 0.440. The van der Waals surface area contributed by atoms with Gasteiger partial charge in [-0.3, -0.25) is 4.90 Å². The lowest BCUT2D eigenvalue weighted by Crippen LogP contribution is -2.36. The van der Waals surface area contributed by atoms with Gasteiger partial charge in [-0.15, -0.1) is 0 Å². The molecular formula is C25H28F4N4O4S. The first-order chi connectivity index (χ1) is 18.0. The minimum Gasteiger partial charge on any atom is -0.493 e. The first-order valence-corrected chi connectivity index (χ1v) is 13.2. The van der Waals surface area contributed by atoms with Crippen LogP contribution in [0.2, 0.25) is 0 Å². The van der Waals surface area contributed by atoms with Gasteiger partial charge in [0.15, 0.2) is 22.6 Å². The summed E-state index contributed by atoms with van der Waals surface area (Å²) in [5.41, 5.74) is -0.991. The average molecular weight is 557 g/mol. The summed E-state index contributed by atoms with van der Waals surface area (Å²) in [6.45, 7) is 4.15. The van der Waals surface area contributed by atoms with Gasteiger partial charge in [-0.05, 0) is 45.4 Å². The van der Waals surface area contributed by atoms with E-state index in [1.165, 1.54) is 13.2 Å². The maximum absolute atomic E-state index is 14.8. The van der Waals surface area contributed by atoms with Crippen LogP contribution in [0.4, 0.5) is 23.4 Å².